The third-order valence-corrected chi connectivity index (χ3v) is 4.54. The molecule has 0 saturated carbocycles. The zero-order valence-corrected chi connectivity index (χ0v) is 13.6. The number of pyridine rings is 1. The fraction of sp³-hybridized carbons (Fsp3) is 0.471. The van der Waals surface area contributed by atoms with Crippen molar-refractivity contribution in [1.82, 2.24) is 25.4 Å². The van der Waals surface area contributed by atoms with Crippen LogP contribution in [0.25, 0.3) is 0 Å². The molecule has 0 radical (unpaired) electrons. The number of nitrogens with one attached hydrogen (secondary N) is 2. The Morgan fingerprint density at radius 2 is 2.22 bits per heavy atom. The van der Waals surface area contributed by atoms with Crippen molar-refractivity contribution >= 4 is 5.91 Å². The van der Waals surface area contributed by atoms with Crippen LogP contribution in [0.1, 0.15) is 36.4 Å². The van der Waals surface area contributed by atoms with E-state index in [4.69, 9.17) is 0 Å². The zero-order valence-electron chi connectivity index (χ0n) is 13.6. The van der Waals surface area contributed by atoms with Gasteiger partial charge < -0.3 is 10.6 Å². The summed E-state index contributed by atoms with van der Waals surface area (Å²) in [4.78, 5) is 16.8. The lowest BCUT2D eigenvalue weighted by Gasteiger charge is -2.22. The minimum absolute atomic E-state index is 0.0284. The molecule has 3 heterocycles. The maximum atomic E-state index is 12.8. The number of carbonyl (C=O) groups excluding carboxylic acids is 1. The van der Waals surface area contributed by atoms with E-state index in [1.54, 1.807) is 17.1 Å². The van der Waals surface area contributed by atoms with Crippen molar-refractivity contribution in [3.05, 3.63) is 48.0 Å². The fourth-order valence-corrected chi connectivity index (χ4v) is 3.23. The first-order valence-electron chi connectivity index (χ1n) is 8.08. The van der Waals surface area contributed by atoms with Gasteiger partial charge in [0.2, 0.25) is 5.91 Å². The first kappa shape index (κ1) is 15.7. The van der Waals surface area contributed by atoms with Crippen molar-refractivity contribution in [2.24, 2.45) is 13.0 Å². The molecule has 2 aromatic heterocycles. The fourth-order valence-electron chi connectivity index (χ4n) is 3.23. The minimum Gasteiger partial charge on any atom is -0.349 e. The van der Waals surface area contributed by atoms with Crippen LogP contribution in [0.4, 0.5) is 0 Å². The molecular formula is C17H23N5O. The number of nitrogens with zero attached hydrogens (tertiary/aromatic N) is 3. The van der Waals surface area contributed by atoms with E-state index in [0.29, 0.717) is 6.54 Å². The molecule has 1 unspecified atom stereocenters. The molecule has 3 atom stereocenters. The molecule has 1 amide bonds. The summed E-state index contributed by atoms with van der Waals surface area (Å²) in [5.74, 6) is 0.223. The first-order valence-corrected chi connectivity index (χ1v) is 8.08. The lowest BCUT2D eigenvalue weighted by atomic mass is 9.89. The Labute approximate surface area is 136 Å². The Hall–Kier alpha value is -2.21. The SMILES string of the molecule is CCC(NC(=O)[C@H]1CNC[C@@H]1c1cnn(C)c1)c1ccncc1. The number of hydrogen-bond acceptors (Lipinski definition) is 4. The Balaban J connectivity index is 1.71. The van der Waals surface area contributed by atoms with E-state index >= 15 is 0 Å². The van der Waals surface area contributed by atoms with Gasteiger partial charge in [0.25, 0.3) is 0 Å². The Morgan fingerprint density at radius 3 is 2.87 bits per heavy atom. The molecule has 2 aromatic rings. The number of rotatable bonds is 5. The van der Waals surface area contributed by atoms with Crippen LogP contribution in [0.5, 0.6) is 0 Å². The van der Waals surface area contributed by atoms with Crippen LogP contribution < -0.4 is 10.6 Å². The average molecular weight is 313 g/mol. The van der Waals surface area contributed by atoms with E-state index in [1.807, 2.05) is 31.6 Å². The summed E-state index contributed by atoms with van der Waals surface area (Å²) in [6.45, 7) is 3.60. The van der Waals surface area contributed by atoms with Crippen LogP contribution in [0.2, 0.25) is 0 Å². The maximum absolute atomic E-state index is 12.8. The Morgan fingerprint density at radius 1 is 1.43 bits per heavy atom. The lowest BCUT2D eigenvalue weighted by Crippen LogP contribution is -2.36. The van der Waals surface area contributed by atoms with E-state index < -0.39 is 0 Å². The third-order valence-electron chi connectivity index (χ3n) is 4.54. The summed E-state index contributed by atoms with van der Waals surface area (Å²) in [6, 6.07) is 3.94. The van der Waals surface area contributed by atoms with Crippen molar-refractivity contribution < 1.29 is 4.79 Å². The summed E-state index contributed by atoms with van der Waals surface area (Å²) < 4.78 is 1.79. The highest BCUT2D eigenvalue weighted by atomic mass is 16.2. The van der Waals surface area contributed by atoms with Crippen molar-refractivity contribution in [2.45, 2.75) is 25.3 Å². The molecule has 1 aliphatic rings. The average Bonchev–Trinajstić information content (AvgIpc) is 3.21. The van der Waals surface area contributed by atoms with Crippen LogP contribution in [0, 0.1) is 5.92 Å². The summed E-state index contributed by atoms with van der Waals surface area (Å²) >= 11 is 0. The normalized spacial score (nSPS) is 22.0. The second-order valence-corrected chi connectivity index (χ2v) is 6.07. The Kier molecular flexibility index (Phi) is 4.71. The summed E-state index contributed by atoms with van der Waals surface area (Å²) in [6.07, 6.45) is 8.24. The van der Waals surface area contributed by atoms with E-state index in [-0.39, 0.29) is 23.8 Å². The standard InChI is InChI=1S/C17H23N5O/c1-3-16(12-4-6-18-7-5-12)21-17(23)15-10-19-9-14(15)13-8-20-22(2)11-13/h4-8,11,14-16,19H,3,9-10H2,1-2H3,(H,21,23)/t14-,15+,16?/m1/s1. The minimum atomic E-state index is -0.0601. The molecule has 6 heteroatoms. The summed E-state index contributed by atoms with van der Waals surface area (Å²) in [7, 11) is 1.90. The molecule has 1 fully saturated rings. The van der Waals surface area contributed by atoms with E-state index in [1.165, 1.54) is 0 Å². The van der Waals surface area contributed by atoms with Crippen molar-refractivity contribution in [3.63, 3.8) is 0 Å². The molecule has 1 aliphatic heterocycles. The maximum Gasteiger partial charge on any atom is 0.225 e. The molecule has 122 valence electrons. The van der Waals surface area contributed by atoms with E-state index in [9.17, 15) is 4.79 Å². The van der Waals surface area contributed by atoms with Gasteiger partial charge in [-0.25, -0.2) is 0 Å². The number of hydrogen-bond donors (Lipinski definition) is 2. The molecule has 0 aromatic carbocycles. The summed E-state index contributed by atoms with van der Waals surface area (Å²) in [5, 5.41) is 10.8. The zero-order chi connectivity index (χ0) is 16.2. The van der Waals surface area contributed by atoms with Crippen LogP contribution >= 0.6 is 0 Å². The van der Waals surface area contributed by atoms with Crippen molar-refractivity contribution in [2.75, 3.05) is 13.1 Å². The second kappa shape index (κ2) is 6.91. The molecule has 2 N–H and O–H groups in total. The van der Waals surface area contributed by atoms with Gasteiger partial charge in [0, 0.05) is 44.6 Å². The quantitative estimate of drug-likeness (QED) is 0.875. The predicted molar refractivity (Wildman–Crippen MR) is 87.7 cm³/mol. The summed E-state index contributed by atoms with van der Waals surface area (Å²) in [5.41, 5.74) is 2.22. The van der Waals surface area contributed by atoms with E-state index in [0.717, 1.165) is 24.1 Å². The highest BCUT2D eigenvalue weighted by Crippen LogP contribution is 2.29. The van der Waals surface area contributed by atoms with Gasteiger partial charge in [0.1, 0.15) is 0 Å². The second-order valence-electron chi connectivity index (χ2n) is 6.07. The van der Waals surface area contributed by atoms with Crippen LogP contribution in [0.3, 0.4) is 0 Å². The molecule has 6 nitrogen and oxygen atoms in total. The number of amides is 1. The van der Waals surface area contributed by atoms with E-state index in [2.05, 4.69) is 27.6 Å². The van der Waals surface area contributed by atoms with Gasteiger partial charge in [0.15, 0.2) is 0 Å². The molecule has 3 rings (SSSR count). The van der Waals surface area contributed by atoms with Gasteiger partial charge in [-0.1, -0.05) is 6.92 Å². The molecule has 0 bridgehead atoms. The smallest absolute Gasteiger partial charge is 0.225 e. The van der Waals surface area contributed by atoms with Crippen molar-refractivity contribution in [1.29, 1.82) is 0 Å². The predicted octanol–water partition coefficient (Wildman–Crippen LogP) is 1.39. The number of carbonyl (C=O) groups is 1. The number of aryl methyl sites for hydroxylation is 1. The van der Waals surface area contributed by atoms with Gasteiger partial charge >= 0.3 is 0 Å². The molecule has 0 spiro atoms. The monoisotopic (exact) mass is 313 g/mol. The highest BCUT2D eigenvalue weighted by molar-refractivity contribution is 5.81. The molecule has 1 saturated heterocycles. The topological polar surface area (TPSA) is 71.8 Å². The van der Waals surface area contributed by atoms with Crippen LogP contribution in [-0.2, 0) is 11.8 Å². The van der Waals surface area contributed by atoms with Crippen molar-refractivity contribution in [3.8, 4) is 0 Å². The number of aromatic nitrogens is 3. The van der Waals surface area contributed by atoms with Gasteiger partial charge in [-0.15, -0.1) is 0 Å². The lowest BCUT2D eigenvalue weighted by molar-refractivity contribution is -0.125. The molecule has 0 aliphatic carbocycles. The largest absolute Gasteiger partial charge is 0.349 e. The first-order chi connectivity index (χ1) is 11.2. The van der Waals surface area contributed by atoms with Gasteiger partial charge in [-0.3, -0.25) is 14.5 Å². The highest BCUT2D eigenvalue weighted by Gasteiger charge is 2.35. The molecular weight excluding hydrogens is 290 g/mol. The van der Waals surface area contributed by atoms with Gasteiger partial charge in [0.05, 0.1) is 18.2 Å². The third kappa shape index (κ3) is 3.42. The van der Waals surface area contributed by atoms with Gasteiger partial charge in [-0.05, 0) is 29.7 Å². The van der Waals surface area contributed by atoms with Crippen LogP contribution in [-0.4, -0.2) is 33.8 Å². The van der Waals surface area contributed by atoms with Crippen LogP contribution in [0.15, 0.2) is 36.9 Å². The van der Waals surface area contributed by atoms with Gasteiger partial charge in [-0.2, -0.15) is 5.10 Å². The molecule has 23 heavy (non-hydrogen) atoms. The Bertz CT molecular complexity index is 654.